The summed E-state index contributed by atoms with van der Waals surface area (Å²) in [5.74, 6) is 0.208. The Morgan fingerprint density at radius 1 is 1.19 bits per heavy atom. The van der Waals surface area contributed by atoms with Gasteiger partial charge in [0.2, 0.25) is 0 Å². The van der Waals surface area contributed by atoms with Gasteiger partial charge >= 0.3 is 6.09 Å². The van der Waals surface area contributed by atoms with Crippen LogP contribution in [0.4, 0.5) is 4.79 Å². The van der Waals surface area contributed by atoms with E-state index >= 15 is 0 Å². The second-order valence-electron chi connectivity index (χ2n) is 6.45. The molecule has 0 spiro atoms. The fraction of sp³-hybridized carbons (Fsp3) is 0.400. The summed E-state index contributed by atoms with van der Waals surface area (Å²) < 4.78 is 10.6. The molecule has 1 N–H and O–H groups in total. The number of methoxy groups -OCH3 is 1. The summed E-state index contributed by atoms with van der Waals surface area (Å²) >= 11 is 0. The van der Waals surface area contributed by atoms with Crippen molar-refractivity contribution in [3.63, 3.8) is 0 Å². The second-order valence-corrected chi connectivity index (χ2v) is 6.45. The minimum Gasteiger partial charge on any atom is -0.445 e. The van der Waals surface area contributed by atoms with E-state index in [2.05, 4.69) is 15.2 Å². The average molecular weight is 355 g/mol. The van der Waals surface area contributed by atoms with Crippen molar-refractivity contribution in [3.05, 3.63) is 66.0 Å². The summed E-state index contributed by atoms with van der Waals surface area (Å²) in [6.45, 7) is 3.43. The van der Waals surface area contributed by atoms with E-state index in [0.717, 1.165) is 25.2 Å². The number of alkyl carbamates (subject to hydrolysis) is 1. The molecule has 1 saturated heterocycles. The number of carbonyl (C=O) groups excluding carboxylic acids is 1. The van der Waals surface area contributed by atoms with Crippen LogP contribution in [0.1, 0.15) is 17.0 Å². The first-order valence-corrected chi connectivity index (χ1v) is 8.84. The predicted octanol–water partition coefficient (Wildman–Crippen LogP) is 2.42. The summed E-state index contributed by atoms with van der Waals surface area (Å²) in [6.07, 6.45) is 3.20. The van der Waals surface area contributed by atoms with Crippen LogP contribution in [0, 0.1) is 0 Å². The van der Waals surface area contributed by atoms with Crippen LogP contribution >= 0.6 is 0 Å². The van der Waals surface area contributed by atoms with Gasteiger partial charge in [-0.05, 0) is 23.3 Å². The molecule has 6 nitrogen and oxygen atoms in total. The number of benzene rings is 1. The van der Waals surface area contributed by atoms with Gasteiger partial charge in [-0.2, -0.15) is 0 Å². The average Bonchev–Trinajstić information content (AvgIpc) is 3.09. The Hall–Kier alpha value is -2.44. The Balaban J connectivity index is 1.60. The lowest BCUT2D eigenvalue weighted by molar-refractivity contribution is 0.134. The molecule has 0 bridgehead atoms. The Labute approximate surface area is 154 Å². The number of likely N-dealkylation sites (tertiary alicyclic amines) is 1. The van der Waals surface area contributed by atoms with E-state index in [4.69, 9.17) is 9.47 Å². The van der Waals surface area contributed by atoms with Gasteiger partial charge in [-0.3, -0.25) is 9.88 Å². The molecule has 1 aliphatic heterocycles. The van der Waals surface area contributed by atoms with Crippen LogP contribution in [0.15, 0.2) is 54.9 Å². The number of hydrogen-bond acceptors (Lipinski definition) is 5. The van der Waals surface area contributed by atoms with Crippen molar-refractivity contribution in [1.82, 2.24) is 15.2 Å². The molecular formula is C20H25N3O3. The number of nitrogens with zero attached hydrogens (tertiary/aromatic N) is 2. The molecule has 1 fully saturated rings. The number of rotatable bonds is 7. The third-order valence-corrected chi connectivity index (χ3v) is 4.66. The van der Waals surface area contributed by atoms with Crippen molar-refractivity contribution in [2.24, 2.45) is 0 Å². The second kappa shape index (κ2) is 9.31. The third-order valence-electron chi connectivity index (χ3n) is 4.66. The van der Waals surface area contributed by atoms with Crippen LogP contribution in [0.25, 0.3) is 0 Å². The topological polar surface area (TPSA) is 63.7 Å². The van der Waals surface area contributed by atoms with Crippen LogP contribution in [-0.4, -0.2) is 55.4 Å². The fourth-order valence-electron chi connectivity index (χ4n) is 3.30. The highest BCUT2D eigenvalue weighted by atomic mass is 16.5. The Kier molecular flexibility index (Phi) is 6.57. The van der Waals surface area contributed by atoms with Crippen LogP contribution in [0.2, 0.25) is 0 Å². The number of carbonyl (C=O) groups is 1. The molecule has 0 radical (unpaired) electrons. The van der Waals surface area contributed by atoms with E-state index in [1.807, 2.05) is 42.5 Å². The van der Waals surface area contributed by atoms with Crippen LogP contribution < -0.4 is 5.32 Å². The van der Waals surface area contributed by atoms with Gasteiger partial charge in [0.25, 0.3) is 0 Å². The molecule has 2 atom stereocenters. The van der Waals surface area contributed by atoms with Crippen molar-refractivity contribution in [1.29, 1.82) is 0 Å². The van der Waals surface area contributed by atoms with Gasteiger partial charge in [-0.25, -0.2) is 4.79 Å². The normalized spacial score (nSPS) is 20.0. The molecule has 2 heterocycles. The number of pyridine rings is 1. The monoisotopic (exact) mass is 355 g/mol. The number of ether oxygens (including phenoxy) is 2. The molecule has 1 amide bonds. The molecule has 2 aromatic rings. The maximum absolute atomic E-state index is 12.3. The van der Waals surface area contributed by atoms with Gasteiger partial charge in [0.05, 0.1) is 12.6 Å². The zero-order chi connectivity index (χ0) is 18.2. The third kappa shape index (κ3) is 5.03. The Morgan fingerprint density at radius 3 is 2.69 bits per heavy atom. The predicted molar refractivity (Wildman–Crippen MR) is 98.8 cm³/mol. The molecule has 1 aromatic carbocycles. The smallest absolute Gasteiger partial charge is 0.407 e. The van der Waals surface area contributed by atoms with Crippen LogP contribution in [0.5, 0.6) is 0 Å². The first-order chi connectivity index (χ1) is 12.8. The number of aromatic nitrogens is 1. The quantitative estimate of drug-likeness (QED) is 0.826. The lowest BCUT2D eigenvalue weighted by Crippen LogP contribution is -2.40. The molecular weight excluding hydrogens is 330 g/mol. The van der Waals surface area contributed by atoms with Gasteiger partial charge in [0.1, 0.15) is 6.61 Å². The standard InChI is InChI=1S/C20H25N3O3/c1-25-12-11-23-13-18(17-7-9-21-10-8-17)19(14-23)22-20(24)26-15-16-5-3-2-4-6-16/h2-10,18-19H,11-15H2,1H3,(H,22,24)/t18-,19+/m0/s1. The number of amides is 1. The van der Waals surface area contributed by atoms with Gasteiger partial charge in [-0.1, -0.05) is 30.3 Å². The minimum absolute atomic E-state index is 0.00229. The van der Waals surface area contributed by atoms with Crippen molar-refractivity contribution >= 4 is 6.09 Å². The summed E-state index contributed by atoms with van der Waals surface area (Å²) in [5, 5.41) is 3.04. The summed E-state index contributed by atoms with van der Waals surface area (Å²) in [4.78, 5) is 18.7. The highest BCUT2D eigenvalue weighted by molar-refractivity contribution is 5.68. The lowest BCUT2D eigenvalue weighted by atomic mass is 9.95. The highest BCUT2D eigenvalue weighted by Crippen LogP contribution is 2.27. The van der Waals surface area contributed by atoms with E-state index < -0.39 is 0 Å². The van der Waals surface area contributed by atoms with Crippen molar-refractivity contribution < 1.29 is 14.3 Å². The zero-order valence-electron chi connectivity index (χ0n) is 15.0. The zero-order valence-corrected chi connectivity index (χ0v) is 15.0. The largest absolute Gasteiger partial charge is 0.445 e. The van der Waals surface area contributed by atoms with Crippen molar-refractivity contribution in [2.75, 3.05) is 33.4 Å². The summed E-state index contributed by atoms with van der Waals surface area (Å²) in [5.41, 5.74) is 2.15. The molecule has 26 heavy (non-hydrogen) atoms. The molecule has 6 heteroatoms. The molecule has 1 aliphatic rings. The van der Waals surface area contributed by atoms with Gasteiger partial charge < -0.3 is 14.8 Å². The van der Waals surface area contributed by atoms with Crippen LogP contribution in [-0.2, 0) is 16.1 Å². The molecule has 3 rings (SSSR count). The molecule has 1 aromatic heterocycles. The molecule has 0 unspecified atom stereocenters. The molecule has 0 aliphatic carbocycles. The van der Waals surface area contributed by atoms with Crippen molar-refractivity contribution in [3.8, 4) is 0 Å². The van der Waals surface area contributed by atoms with Crippen LogP contribution in [0.3, 0.4) is 0 Å². The van der Waals surface area contributed by atoms with Gasteiger partial charge in [0, 0.05) is 45.1 Å². The van der Waals surface area contributed by atoms with E-state index in [9.17, 15) is 4.79 Å². The minimum atomic E-state index is -0.383. The first kappa shape index (κ1) is 18.4. The Bertz CT molecular complexity index is 681. The number of hydrogen-bond donors (Lipinski definition) is 1. The molecule has 138 valence electrons. The van der Waals surface area contributed by atoms with E-state index in [0.29, 0.717) is 6.61 Å². The Morgan fingerprint density at radius 2 is 1.96 bits per heavy atom. The van der Waals surface area contributed by atoms with E-state index in [-0.39, 0.29) is 24.7 Å². The maximum Gasteiger partial charge on any atom is 0.407 e. The highest BCUT2D eigenvalue weighted by Gasteiger charge is 2.34. The number of nitrogens with one attached hydrogen (secondary N) is 1. The van der Waals surface area contributed by atoms with Gasteiger partial charge in [-0.15, -0.1) is 0 Å². The first-order valence-electron chi connectivity index (χ1n) is 8.84. The van der Waals surface area contributed by atoms with E-state index in [1.165, 1.54) is 5.56 Å². The van der Waals surface area contributed by atoms with Crippen molar-refractivity contribution in [2.45, 2.75) is 18.6 Å². The SMILES string of the molecule is COCCN1C[C@@H](NC(=O)OCc2ccccc2)[C@H](c2ccncc2)C1. The summed E-state index contributed by atoms with van der Waals surface area (Å²) in [7, 11) is 1.70. The van der Waals surface area contributed by atoms with E-state index in [1.54, 1.807) is 19.5 Å². The molecule has 0 saturated carbocycles. The summed E-state index contributed by atoms with van der Waals surface area (Å²) in [6, 6.07) is 13.7. The fourth-order valence-corrected chi connectivity index (χ4v) is 3.30. The lowest BCUT2D eigenvalue weighted by Gasteiger charge is -2.20. The maximum atomic E-state index is 12.3. The van der Waals surface area contributed by atoms with Gasteiger partial charge in [0.15, 0.2) is 0 Å².